The summed E-state index contributed by atoms with van der Waals surface area (Å²) >= 11 is 0. The van der Waals surface area contributed by atoms with Gasteiger partial charge in [-0.2, -0.15) is 0 Å². The van der Waals surface area contributed by atoms with Gasteiger partial charge in [0.1, 0.15) is 6.10 Å². The van der Waals surface area contributed by atoms with Gasteiger partial charge in [0.25, 0.3) is 0 Å². The molecule has 0 aliphatic rings. The number of esters is 1. The van der Waals surface area contributed by atoms with E-state index in [2.05, 4.69) is 99.0 Å². The van der Waals surface area contributed by atoms with Crippen LogP contribution >= 0.6 is 0 Å². The Morgan fingerprint density at radius 2 is 0.761 bits per heavy atom. The van der Waals surface area contributed by atoms with Gasteiger partial charge in [0, 0.05) is 6.42 Å². The predicted octanol–water partition coefficient (Wildman–Crippen LogP) is 17.7. The zero-order chi connectivity index (χ0) is 48.8. The van der Waals surface area contributed by atoms with E-state index in [0.717, 1.165) is 103 Å². The Bertz CT molecular complexity index is 1230. The molecule has 0 rings (SSSR count). The highest BCUT2D eigenvalue weighted by Crippen LogP contribution is 2.18. The minimum atomic E-state index is -0.799. The van der Waals surface area contributed by atoms with Crippen LogP contribution in [0.25, 0.3) is 0 Å². The Labute approximate surface area is 415 Å². The Morgan fingerprint density at radius 3 is 1.18 bits per heavy atom. The normalized spacial score (nSPS) is 13.7. The monoisotopic (exact) mass is 936 g/mol. The Hall–Kier alpha value is -2.70. The molecule has 0 aliphatic carbocycles. The van der Waals surface area contributed by atoms with Crippen molar-refractivity contribution in [2.45, 2.75) is 296 Å². The van der Waals surface area contributed by atoms with Gasteiger partial charge >= 0.3 is 5.97 Å². The molecule has 0 spiro atoms. The van der Waals surface area contributed by atoms with Crippen molar-refractivity contribution in [2.75, 3.05) is 6.61 Å². The lowest BCUT2D eigenvalue weighted by Gasteiger charge is -2.24. The second-order valence-corrected chi connectivity index (χ2v) is 19.3. The molecular formula is C61H109NO5. The molecule has 0 aromatic carbocycles. The van der Waals surface area contributed by atoms with Gasteiger partial charge in [0.15, 0.2) is 0 Å². The van der Waals surface area contributed by atoms with E-state index in [4.69, 9.17) is 4.74 Å². The first kappa shape index (κ1) is 64.3. The highest BCUT2D eigenvalue weighted by molar-refractivity contribution is 5.77. The van der Waals surface area contributed by atoms with E-state index >= 15 is 0 Å². The van der Waals surface area contributed by atoms with Crippen LogP contribution < -0.4 is 5.32 Å². The maximum Gasteiger partial charge on any atom is 0.306 e. The Balaban J connectivity index is 4.64. The second-order valence-electron chi connectivity index (χ2n) is 19.3. The predicted molar refractivity (Wildman–Crippen MR) is 291 cm³/mol. The summed E-state index contributed by atoms with van der Waals surface area (Å²) in [6, 6.07) is -0.715. The van der Waals surface area contributed by atoms with Crippen LogP contribution in [0.2, 0.25) is 0 Å². The number of ether oxygens (including phenoxy) is 1. The summed E-state index contributed by atoms with van der Waals surface area (Å²) in [7, 11) is 0. The van der Waals surface area contributed by atoms with Gasteiger partial charge in [-0.05, 0) is 103 Å². The lowest BCUT2D eigenvalue weighted by atomic mass is 10.0. The van der Waals surface area contributed by atoms with Crippen LogP contribution in [-0.4, -0.2) is 46.9 Å². The van der Waals surface area contributed by atoms with E-state index in [1.54, 1.807) is 0 Å². The third-order valence-corrected chi connectivity index (χ3v) is 12.8. The van der Waals surface area contributed by atoms with Crippen LogP contribution in [0.1, 0.15) is 278 Å². The van der Waals surface area contributed by atoms with Crippen molar-refractivity contribution in [1.82, 2.24) is 5.32 Å². The van der Waals surface area contributed by atoms with E-state index in [0.29, 0.717) is 19.3 Å². The molecule has 0 aliphatic heterocycles. The zero-order valence-electron chi connectivity index (χ0n) is 44.3. The smallest absolute Gasteiger partial charge is 0.306 e. The summed E-state index contributed by atoms with van der Waals surface area (Å²) in [6.07, 6.45) is 69.6. The van der Waals surface area contributed by atoms with Crippen LogP contribution in [0.15, 0.2) is 72.9 Å². The maximum atomic E-state index is 13.3. The quantitative estimate of drug-likeness (QED) is 0.0321. The number of hydrogen-bond donors (Lipinski definition) is 3. The maximum absolute atomic E-state index is 13.3. The van der Waals surface area contributed by atoms with E-state index in [9.17, 15) is 19.8 Å². The summed E-state index contributed by atoms with van der Waals surface area (Å²) in [6.45, 7) is 6.43. The van der Waals surface area contributed by atoms with Crippen molar-refractivity contribution in [3.8, 4) is 0 Å². The number of amides is 1. The molecule has 0 radical (unpaired) electrons. The van der Waals surface area contributed by atoms with Crippen molar-refractivity contribution in [1.29, 1.82) is 0 Å². The number of unbranched alkanes of at least 4 members (excludes halogenated alkanes) is 27. The average molecular weight is 937 g/mol. The first-order valence-corrected chi connectivity index (χ1v) is 28.7. The molecule has 3 unspecified atom stereocenters. The number of aliphatic hydroxyl groups excluding tert-OH is 2. The van der Waals surface area contributed by atoms with Gasteiger partial charge in [-0.1, -0.05) is 235 Å². The molecule has 388 valence electrons. The zero-order valence-corrected chi connectivity index (χ0v) is 44.3. The lowest BCUT2D eigenvalue weighted by molar-refractivity contribution is -0.151. The van der Waals surface area contributed by atoms with Gasteiger partial charge in [0.05, 0.1) is 25.2 Å². The van der Waals surface area contributed by atoms with Crippen molar-refractivity contribution >= 4 is 11.9 Å². The number of rotatable bonds is 51. The fraction of sp³-hybridized carbons (Fsp3) is 0.770. The van der Waals surface area contributed by atoms with Gasteiger partial charge in [-0.25, -0.2) is 0 Å². The second kappa shape index (κ2) is 54.2. The van der Waals surface area contributed by atoms with Crippen LogP contribution in [-0.2, 0) is 14.3 Å². The van der Waals surface area contributed by atoms with Gasteiger partial charge in [-0.15, -0.1) is 0 Å². The lowest BCUT2D eigenvalue weighted by Crippen LogP contribution is -2.46. The first-order chi connectivity index (χ1) is 33.0. The Kier molecular flexibility index (Phi) is 52.1. The molecule has 0 aromatic rings. The summed E-state index contributed by atoms with van der Waals surface area (Å²) in [5.41, 5.74) is 0. The molecule has 0 bridgehead atoms. The summed E-state index contributed by atoms with van der Waals surface area (Å²) in [4.78, 5) is 26.3. The standard InChI is InChI=1S/C61H109NO5/c1-4-7-10-13-16-19-22-25-27-29-30-32-34-36-39-42-45-48-51-54-61(66)67-57(52-49-46-43-40-37-35-33-31-28-26-23-20-17-14-11-8-5-2)55-60(65)62-58(56-63)59(64)53-50-47-44-41-38-24-21-18-15-12-9-6-3/h16-17,19-20,25-28,30,32-33,35,57-59,63-64H,4-15,18,21-24,29,31,34,36-56H2,1-3H3,(H,62,65)/b19-16-,20-17-,27-25-,28-26-,32-30-,35-33-. The molecule has 0 saturated carbocycles. The first-order valence-electron chi connectivity index (χ1n) is 28.7. The van der Waals surface area contributed by atoms with Crippen molar-refractivity contribution in [3.63, 3.8) is 0 Å². The number of allylic oxidation sites excluding steroid dienone is 12. The molecule has 0 fully saturated rings. The fourth-order valence-electron chi connectivity index (χ4n) is 8.39. The van der Waals surface area contributed by atoms with E-state index in [1.807, 2.05) is 0 Å². The van der Waals surface area contributed by atoms with Crippen LogP contribution in [0.5, 0.6) is 0 Å². The molecule has 3 N–H and O–H groups in total. The minimum Gasteiger partial charge on any atom is -0.462 e. The Morgan fingerprint density at radius 1 is 0.433 bits per heavy atom. The van der Waals surface area contributed by atoms with E-state index < -0.39 is 18.2 Å². The van der Waals surface area contributed by atoms with Crippen LogP contribution in [0, 0.1) is 0 Å². The SMILES string of the molecule is CCCCC/C=C\C/C=C\C/C=C\CCCCCCCCC(=O)OC(CCCCCC/C=C\C/C=C\C/C=C\CCCCC)CC(=O)NC(CO)C(O)CCCCCCCCCCCCCC. The average Bonchev–Trinajstić information content (AvgIpc) is 3.32. The number of carbonyl (C=O) groups excluding carboxylic acids is 2. The third kappa shape index (κ3) is 49.5. The number of carbonyl (C=O) groups is 2. The highest BCUT2D eigenvalue weighted by Gasteiger charge is 2.24. The van der Waals surface area contributed by atoms with E-state index in [-0.39, 0.29) is 24.9 Å². The molecule has 1 amide bonds. The van der Waals surface area contributed by atoms with Crippen molar-refractivity contribution < 1.29 is 24.5 Å². The summed E-state index contributed by atoms with van der Waals surface area (Å²) in [5.74, 6) is -0.507. The fourth-order valence-corrected chi connectivity index (χ4v) is 8.39. The molecule has 0 heterocycles. The molecule has 0 saturated heterocycles. The molecule has 67 heavy (non-hydrogen) atoms. The largest absolute Gasteiger partial charge is 0.462 e. The number of nitrogens with one attached hydrogen (secondary N) is 1. The molecule has 3 atom stereocenters. The van der Waals surface area contributed by atoms with Gasteiger partial charge in [-0.3, -0.25) is 9.59 Å². The minimum absolute atomic E-state index is 0.0553. The third-order valence-electron chi connectivity index (χ3n) is 12.8. The van der Waals surface area contributed by atoms with Gasteiger partial charge < -0.3 is 20.3 Å². The van der Waals surface area contributed by atoms with E-state index in [1.165, 1.54) is 128 Å². The molecule has 6 heteroatoms. The van der Waals surface area contributed by atoms with Crippen LogP contribution in [0.3, 0.4) is 0 Å². The molecular weight excluding hydrogens is 827 g/mol. The van der Waals surface area contributed by atoms with Gasteiger partial charge in [0.2, 0.25) is 5.91 Å². The molecule has 0 aromatic heterocycles. The number of aliphatic hydroxyl groups is 2. The topological polar surface area (TPSA) is 95.9 Å². The van der Waals surface area contributed by atoms with Crippen LogP contribution in [0.4, 0.5) is 0 Å². The van der Waals surface area contributed by atoms with Crippen molar-refractivity contribution in [3.05, 3.63) is 72.9 Å². The summed E-state index contributed by atoms with van der Waals surface area (Å²) < 4.78 is 5.95. The number of hydrogen-bond acceptors (Lipinski definition) is 5. The summed E-state index contributed by atoms with van der Waals surface area (Å²) in [5, 5.41) is 23.8. The highest BCUT2D eigenvalue weighted by atomic mass is 16.5. The molecule has 6 nitrogen and oxygen atoms in total. The van der Waals surface area contributed by atoms with Crippen molar-refractivity contribution in [2.24, 2.45) is 0 Å².